The zero-order valence-electron chi connectivity index (χ0n) is 14.3. The second-order valence-corrected chi connectivity index (χ2v) is 7.03. The van der Waals surface area contributed by atoms with Crippen molar-refractivity contribution in [1.29, 1.82) is 0 Å². The van der Waals surface area contributed by atoms with Gasteiger partial charge in [0.2, 0.25) is 0 Å². The van der Waals surface area contributed by atoms with Crippen LogP contribution < -0.4 is 14.8 Å². The van der Waals surface area contributed by atoms with Crippen LogP contribution in [0.15, 0.2) is 71.2 Å². The topological polar surface area (TPSA) is 30.5 Å². The summed E-state index contributed by atoms with van der Waals surface area (Å²) in [7, 11) is 1.65. The van der Waals surface area contributed by atoms with E-state index in [0.717, 1.165) is 26.3 Å². The fourth-order valence-electron chi connectivity index (χ4n) is 2.52. The Bertz CT molecular complexity index is 854. The smallest absolute Gasteiger partial charge is 0.175 e. The Balaban J connectivity index is 1.70. The molecule has 3 aromatic carbocycles. The molecule has 26 heavy (non-hydrogen) atoms. The van der Waals surface area contributed by atoms with Gasteiger partial charge in [-0.25, -0.2) is 0 Å². The molecule has 0 unspecified atom stereocenters. The van der Waals surface area contributed by atoms with Crippen LogP contribution in [-0.4, -0.2) is 7.11 Å². The van der Waals surface area contributed by atoms with Crippen molar-refractivity contribution in [3.05, 3.63) is 87.4 Å². The van der Waals surface area contributed by atoms with Crippen LogP contribution in [0.2, 0.25) is 5.02 Å². The first-order valence-electron chi connectivity index (χ1n) is 8.18. The Kier molecular flexibility index (Phi) is 6.42. The average molecular weight is 433 g/mol. The van der Waals surface area contributed by atoms with Crippen molar-refractivity contribution in [3.8, 4) is 11.5 Å². The van der Waals surface area contributed by atoms with Crippen molar-refractivity contribution >= 4 is 33.2 Å². The molecule has 0 saturated carbocycles. The SMILES string of the molecule is COc1cc(CNc2ccc(Cl)cc2)cc(Br)c1OCc1ccccc1. The highest BCUT2D eigenvalue weighted by Gasteiger charge is 2.12. The van der Waals surface area contributed by atoms with Gasteiger partial charge in [-0.2, -0.15) is 0 Å². The van der Waals surface area contributed by atoms with E-state index < -0.39 is 0 Å². The van der Waals surface area contributed by atoms with Gasteiger partial charge < -0.3 is 14.8 Å². The van der Waals surface area contributed by atoms with Gasteiger partial charge in [0.25, 0.3) is 0 Å². The van der Waals surface area contributed by atoms with Crippen molar-refractivity contribution in [1.82, 2.24) is 0 Å². The van der Waals surface area contributed by atoms with Crippen LogP contribution in [0.1, 0.15) is 11.1 Å². The van der Waals surface area contributed by atoms with Crippen molar-refractivity contribution in [2.24, 2.45) is 0 Å². The van der Waals surface area contributed by atoms with Crippen molar-refractivity contribution in [2.45, 2.75) is 13.2 Å². The largest absolute Gasteiger partial charge is 0.493 e. The van der Waals surface area contributed by atoms with Crippen LogP contribution >= 0.6 is 27.5 Å². The Hall–Kier alpha value is -2.17. The molecule has 0 aromatic heterocycles. The molecule has 134 valence electrons. The highest BCUT2D eigenvalue weighted by atomic mass is 79.9. The highest BCUT2D eigenvalue weighted by molar-refractivity contribution is 9.10. The number of rotatable bonds is 7. The van der Waals surface area contributed by atoms with Crippen LogP contribution in [0.4, 0.5) is 5.69 Å². The van der Waals surface area contributed by atoms with Crippen LogP contribution in [0.25, 0.3) is 0 Å². The number of anilines is 1. The molecule has 0 fully saturated rings. The van der Waals surface area contributed by atoms with Gasteiger partial charge in [0.1, 0.15) is 6.61 Å². The van der Waals surface area contributed by atoms with Gasteiger partial charge in [-0.15, -0.1) is 0 Å². The summed E-state index contributed by atoms with van der Waals surface area (Å²) < 4.78 is 12.4. The van der Waals surface area contributed by atoms with Crippen LogP contribution in [-0.2, 0) is 13.2 Å². The van der Waals surface area contributed by atoms with Gasteiger partial charge in [-0.05, 0) is 63.5 Å². The predicted octanol–water partition coefficient (Wildman–Crippen LogP) is 6.30. The number of nitrogens with one attached hydrogen (secondary N) is 1. The maximum atomic E-state index is 5.97. The molecular weight excluding hydrogens is 414 g/mol. The van der Waals surface area contributed by atoms with E-state index >= 15 is 0 Å². The van der Waals surface area contributed by atoms with Crippen molar-refractivity contribution in [3.63, 3.8) is 0 Å². The summed E-state index contributed by atoms with van der Waals surface area (Å²) in [5.74, 6) is 1.40. The maximum Gasteiger partial charge on any atom is 0.175 e. The van der Waals surface area contributed by atoms with E-state index in [1.807, 2.05) is 66.7 Å². The molecule has 0 bridgehead atoms. The summed E-state index contributed by atoms with van der Waals surface area (Å²) in [6, 6.07) is 21.7. The second-order valence-electron chi connectivity index (χ2n) is 5.74. The van der Waals surface area contributed by atoms with Crippen molar-refractivity contribution in [2.75, 3.05) is 12.4 Å². The first-order chi connectivity index (χ1) is 12.7. The molecule has 0 aliphatic carbocycles. The van der Waals surface area contributed by atoms with Gasteiger partial charge in [0.15, 0.2) is 11.5 Å². The highest BCUT2D eigenvalue weighted by Crippen LogP contribution is 2.37. The summed E-state index contributed by atoms with van der Waals surface area (Å²) in [6.45, 7) is 1.15. The monoisotopic (exact) mass is 431 g/mol. The van der Waals surface area contributed by atoms with E-state index in [9.17, 15) is 0 Å². The van der Waals surface area contributed by atoms with Gasteiger partial charge in [0, 0.05) is 17.3 Å². The lowest BCUT2D eigenvalue weighted by atomic mass is 10.2. The fraction of sp³-hybridized carbons (Fsp3) is 0.143. The fourth-order valence-corrected chi connectivity index (χ4v) is 3.25. The Labute approximate surface area is 167 Å². The third-order valence-electron chi connectivity index (χ3n) is 3.86. The molecule has 0 atom stereocenters. The van der Waals surface area contributed by atoms with Gasteiger partial charge in [0.05, 0.1) is 11.6 Å². The average Bonchev–Trinajstić information content (AvgIpc) is 2.67. The lowest BCUT2D eigenvalue weighted by molar-refractivity contribution is 0.282. The molecule has 0 saturated heterocycles. The molecule has 0 aliphatic rings. The molecule has 3 nitrogen and oxygen atoms in total. The normalized spacial score (nSPS) is 10.4. The number of benzene rings is 3. The molecule has 3 rings (SSSR count). The Morgan fingerprint density at radius 3 is 2.38 bits per heavy atom. The number of methoxy groups -OCH3 is 1. The van der Waals surface area contributed by atoms with Crippen LogP contribution in [0.3, 0.4) is 0 Å². The molecule has 5 heteroatoms. The third kappa shape index (κ3) is 4.93. The van der Waals surface area contributed by atoms with E-state index in [-0.39, 0.29) is 0 Å². The standard InChI is InChI=1S/C21H19BrClNO2/c1-25-20-12-16(13-24-18-9-7-17(23)8-10-18)11-19(22)21(20)26-14-15-5-3-2-4-6-15/h2-12,24H,13-14H2,1H3. The van der Waals surface area contributed by atoms with E-state index in [4.69, 9.17) is 21.1 Å². The number of halogens is 2. The summed E-state index contributed by atoms with van der Waals surface area (Å²) in [4.78, 5) is 0. The first-order valence-corrected chi connectivity index (χ1v) is 9.35. The third-order valence-corrected chi connectivity index (χ3v) is 4.70. The molecule has 0 spiro atoms. The molecule has 0 heterocycles. The van der Waals surface area contributed by atoms with Crippen molar-refractivity contribution < 1.29 is 9.47 Å². The minimum absolute atomic E-state index is 0.484. The molecular formula is C21H19BrClNO2. The maximum absolute atomic E-state index is 5.97. The minimum atomic E-state index is 0.484. The second kappa shape index (κ2) is 8.97. The zero-order chi connectivity index (χ0) is 18.4. The summed E-state index contributed by atoms with van der Waals surface area (Å²) in [6.07, 6.45) is 0. The number of ether oxygens (including phenoxy) is 2. The Morgan fingerprint density at radius 1 is 0.962 bits per heavy atom. The summed E-state index contributed by atoms with van der Waals surface area (Å²) >= 11 is 9.51. The first kappa shape index (κ1) is 18.6. The van der Waals surface area contributed by atoms with Gasteiger partial charge in [-0.1, -0.05) is 41.9 Å². The minimum Gasteiger partial charge on any atom is -0.493 e. The lowest BCUT2D eigenvalue weighted by Gasteiger charge is -2.15. The molecule has 0 aliphatic heterocycles. The quantitative estimate of drug-likeness (QED) is 0.475. The molecule has 0 amide bonds. The number of hydrogen-bond donors (Lipinski definition) is 1. The zero-order valence-corrected chi connectivity index (χ0v) is 16.7. The van der Waals surface area contributed by atoms with Crippen LogP contribution in [0.5, 0.6) is 11.5 Å². The predicted molar refractivity (Wildman–Crippen MR) is 110 cm³/mol. The lowest BCUT2D eigenvalue weighted by Crippen LogP contribution is -2.02. The molecule has 1 N–H and O–H groups in total. The van der Waals surface area contributed by atoms with E-state index in [1.54, 1.807) is 7.11 Å². The summed E-state index contributed by atoms with van der Waals surface area (Å²) in [5, 5.41) is 4.09. The Morgan fingerprint density at radius 2 is 1.69 bits per heavy atom. The molecule has 0 radical (unpaired) electrons. The van der Waals surface area contributed by atoms with E-state index in [2.05, 4.69) is 21.2 Å². The summed E-state index contributed by atoms with van der Waals surface area (Å²) in [5.41, 5.74) is 3.19. The molecule has 3 aromatic rings. The number of hydrogen-bond acceptors (Lipinski definition) is 3. The van der Waals surface area contributed by atoms with E-state index in [0.29, 0.717) is 24.7 Å². The van der Waals surface area contributed by atoms with Crippen LogP contribution in [0, 0.1) is 0 Å². The van der Waals surface area contributed by atoms with Gasteiger partial charge >= 0.3 is 0 Å². The van der Waals surface area contributed by atoms with Gasteiger partial charge in [-0.3, -0.25) is 0 Å². The van der Waals surface area contributed by atoms with E-state index in [1.165, 1.54) is 0 Å².